The Balaban J connectivity index is 1.48. The molecule has 3 rings (SSSR count). The molecule has 0 aliphatic heterocycles. The summed E-state index contributed by atoms with van der Waals surface area (Å²) in [6.07, 6.45) is 0.736. The minimum atomic E-state index is -1.07. The maximum absolute atomic E-state index is 12.2. The van der Waals surface area contributed by atoms with E-state index in [9.17, 15) is 19.7 Å². The van der Waals surface area contributed by atoms with Gasteiger partial charge in [0.05, 0.1) is 17.5 Å². The lowest BCUT2D eigenvalue weighted by molar-refractivity contribution is -0.384. The average Bonchev–Trinajstić information content (AvgIpc) is 3.22. The van der Waals surface area contributed by atoms with Crippen molar-refractivity contribution in [2.45, 2.75) is 25.9 Å². The van der Waals surface area contributed by atoms with Crippen LogP contribution in [0, 0.1) is 10.1 Å². The van der Waals surface area contributed by atoms with Gasteiger partial charge in [-0.25, -0.2) is 4.98 Å². The van der Waals surface area contributed by atoms with Crippen molar-refractivity contribution in [3.05, 3.63) is 76.8 Å². The van der Waals surface area contributed by atoms with Gasteiger partial charge in [0.1, 0.15) is 0 Å². The highest BCUT2D eigenvalue weighted by Gasteiger charge is 2.19. The van der Waals surface area contributed by atoms with Crippen LogP contribution in [0.25, 0.3) is 11.3 Å². The lowest BCUT2D eigenvalue weighted by Gasteiger charge is -2.13. The fourth-order valence-corrected chi connectivity index (χ4v) is 2.62. The molecule has 0 radical (unpaired) electrons. The number of hydrogen-bond acceptors (Lipinski definition) is 7. The van der Waals surface area contributed by atoms with E-state index in [4.69, 9.17) is 9.15 Å². The van der Waals surface area contributed by atoms with Crippen molar-refractivity contribution in [3.63, 3.8) is 0 Å². The predicted molar refractivity (Wildman–Crippen MR) is 108 cm³/mol. The summed E-state index contributed by atoms with van der Waals surface area (Å²) in [5.74, 6) is -0.189. The van der Waals surface area contributed by atoms with Gasteiger partial charge in [-0.05, 0) is 13.0 Å². The lowest BCUT2D eigenvalue weighted by atomic mass is 10.2. The first-order valence-electron chi connectivity index (χ1n) is 9.17. The molecular weight excluding hydrogens is 390 g/mol. The van der Waals surface area contributed by atoms with E-state index in [1.165, 1.54) is 31.2 Å². The van der Waals surface area contributed by atoms with Gasteiger partial charge in [-0.15, -0.1) is 0 Å². The quantitative estimate of drug-likeness (QED) is 0.341. The van der Waals surface area contributed by atoms with Crippen LogP contribution in [0.1, 0.15) is 19.2 Å². The van der Waals surface area contributed by atoms with Gasteiger partial charge >= 0.3 is 5.97 Å². The van der Waals surface area contributed by atoms with E-state index < -0.39 is 22.9 Å². The number of hydrogen-bond donors (Lipinski definition) is 1. The van der Waals surface area contributed by atoms with Crippen molar-refractivity contribution in [2.75, 3.05) is 5.32 Å². The van der Waals surface area contributed by atoms with Gasteiger partial charge in [0.2, 0.25) is 0 Å². The van der Waals surface area contributed by atoms with E-state index >= 15 is 0 Å². The van der Waals surface area contributed by atoms with Gasteiger partial charge in [0, 0.05) is 29.8 Å². The molecule has 0 saturated heterocycles. The highest BCUT2D eigenvalue weighted by molar-refractivity contribution is 5.95. The second-order valence-electron chi connectivity index (χ2n) is 6.41. The molecule has 3 aromatic rings. The maximum Gasteiger partial charge on any atom is 0.307 e. The van der Waals surface area contributed by atoms with Crippen LogP contribution in [0.2, 0.25) is 0 Å². The normalized spacial score (nSPS) is 11.5. The molecule has 2 aromatic carbocycles. The smallest absolute Gasteiger partial charge is 0.307 e. The summed E-state index contributed by atoms with van der Waals surface area (Å²) in [5.41, 5.74) is 0.967. The predicted octanol–water partition coefficient (Wildman–Crippen LogP) is 3.75. The summed E-state index contributed by atoms with van der Waals surface area (Å²) in [7, 11) is 0. The summed E-state index contributed by atoms with van der Waals surface area (Å²) < 4.78 is 10.7. The van der Waals surface area contributed by atoms with Gasteiger partial charge in [0.25, 0.3) is 11.6 Å². The first kappa shape index (κ1) is 20.7. The Hall–Kier alpha value is -4.01. The monoisotopic (exact) mass is 409 g/mol. The Kier molecular flexibility index (Phi) is 6.53. The summed E-state index contributed by atoms with van der Waals surface area (Å²) in [6.45, 7) is 1.42. The van der Waals surface area contributed by atoms with Crippen molar-refractivity contribution in [1.82, 2.24) is 4.98 Å². The summed E-state index contributed by atoms with van der Waals surface area (Å²) in [4.78, 5) is 38.6. The molecule has 0 saturated carbocycles. The molecule has 154 valence electrons. The topological polar surface area (TPSA) is 125 Å². The van der Waals surface area contributed by atoms with Gasteiger partial charge in [-0.3, -0.25) is 19.7 Å². The molecular formula is C21H19N3O6. The summed E-state index contributed by atoms with van der Waals surface area (Å²) in [6, 6.07) is 14.9. The average molecular weight is 409 g/mol. The minimum absolute atomic E-state index is 0.0107. The number of carbonyl (C=O) groups excluding carboxylic acids is 2. The number of non-ortho nitro benzene ring substituents is 1. The fraction of sp³-hybridized carbons (Fsp3) is 0.190. The third-order valence-electron chi connectivity index (χ3n) is 4.16. The number of amides is 1. The Morgan fingerprint density at radius 3 is 2.70 bits per heavy atom. The van der Waals surface area contributed by atoms with E-state index in [0.29, 0.717) is 11.7 Å². The number of nitro benzene ring substituents is 1. The van der Waals surface area contributed by atoms with Crippen LogP contribution in [-0.4, -0.2) is 27.9 Å². The molecule has 9 nitrogen and oxygen atoms in total. The van der Waals surface area contributed by atoms with Crippen molar-refractivity contribution >= 4 is 23.3 Å². The molecule has 1 unspecified atom stereocenters. The zero-order valence-corrected chi connectivity index (χ0v) is 16.1. The number of aromatic nitrogens is 1. The molecule has 9 heteroatoms. The van der Waals surface area contributed by atoms with E-state index in [1.54, 1.807) is 6.20 Å². The largest absolute Gasteiger partial charge is 0.453 e. The number of carbonyl (C=O) groups is 2. The molecule has 0 aliphatic rings. The molecule has 30 heavy (non-hydrogen) atoms. The Bertz CT molecular complexity index is 1050. The first-order valence-corrected chi connectivity index (χ1v) is 9.17. The number of nitro groups is 1. The van der Waals surface area contributed by atoms with E-state index in [2.05, 4.69) is 10.3 Å². The first-order chi connectivity index (χ1) is 14.4. The third-order valence-corrected chi connectivity index (χ3v) is 4.16. The zero-order chi connectivity index (χ0) is 21.5. The van der Waals surface area contributed by atoms with Gasteiger partial charge in [-0.1, -0.05) is 36.4 Å². The van der Waals surface area contributed by atoms with Gasteiger partial charge < -0.3 is 14.5 Å². The number of aryl methyl sites for hydroxylation is 1. The van der Waals surface area contributed by atoms with Crippen LogP contribution in [0.3, 0.4) is 0 Å². The third kappa shape index (κ3) is 5.51. The standard InChI is InChI=1S/C21H19N3O6/c1-14(21(26)23-16-8-5-9-17(12-16)24(27)28)29-20(25)11-10-19-22-13-18(30-19)15-6-3-2-4-7-15/h2-9,12-14H,10-11H2,1H3,(H,23,26). The summed E-state index contributed by atoms with van der Waals surface area (Å²) >= 11 is 0. The van der Waals surface area contributed by atoms with Crippen molar-refractivity contribution < 1.29 is 23.7 Å². The zero-order valence-electron chi connectivity index (χ0n) is 16.1. The van der Waals surface area contributed by atoms with E-state index in [1.807, 2.05) is 30.3 Å². The van der Waals surface area contributed by atoms with Crippen LogP contribution in [0.15, 0.2) is 65.2 Å². The van der Waals surface area contributed by atoms with Crippen LogP contribution >= 0.6 is 0 Å². The molecule has 0 fully saturated rings. The van der Waals surface area contributed by atoms with Gasteiger partial charge in [0.15, 0.2) is 17.8 Å². The van der Waals surface area contributed by atoms with Crippen LogP contribution in [0.5, 0.6) is 0 Å². The number of anilines is 1. The van der Waals surface area contributed by atoms with E-state index in [-0.39, 0.29) is 24.2 Å². The van der Waals surface area contributed by atoms with E-state index in [0.717, 1.165) is 5.56 Å². The van der Waals surface area contributed by atoms with Crippen LogP contribution < -0.4 is 5.32 Å². The Morgan fingerprint density at radius 2 is 1.97 bits per heavy atom. The van der Waals surface area contributed by atoms with Crippen molar-refractivity contribution in [1.29, 1.82) is 0 Å². The molecule has 0 aliphatic carbocycles. The SMILES string of the molecule is CC(OC(=O)CCc1ncc(-c2ccccc2)o1)C(=O)Nc1cccc([N+](=O)[O-])c1. The number of rotatable bonds is 8. The molecule has 1 aromatic heterocycles. The lowest BCUT2D eigenvalue weighted by Crippen LogP contribution is -2.30. The minimum Gasteiger partial charge on any atom is -0.453 e. The number of esters is 1. The Morgan fingerprint density at radius 1 is 1.20 bits per heavy atom. The second kappa shape index (κ2) is 9.46. The van der Waals surface area contributed by atoms with Crippen molar-refractivity contribution in [2.24, 2.45) is 0 Å². The number of nitrogens with one attached hydrogen (secondary N) is 1. The fourth-order valence-electron chi connectivity index (χ4n) is 2.62. The number of ether oxygens (including phenoxy) is 1. The molecule has 1 atom stereocenters. The number of oxazole rings is 1. The van der Waals surface area contributed by atoms with Crippen LogP contribution in [0.4, 0.5) is 11.4 Å². The molecule has 1 N–H and O–H groups in total. The molecule has 1 heterocycles. The van der Waals surface area contributed by atoms with Crippen LogP contribution in [-0.2, 0) is 20.7 Å². The van der Waals surface area contributed by atoms with Gasteiger partial charge in [-0.2, -0.15) is 0 Å². The highest BCUT2D eigenvalue weighted by Crippen LogP contribution is 2.20. The maximum atomic E-state index is 12.2. The number of nitrogens with zero attached hydrogens (tertiary/aromatic N) is 2. The molecule has 1 amide bonds. The van der Waals surface area contributed by atoms with Crippen molar-refractivity contribution in [3.8, 4) is 11.3 Å². The highest BCUT2D eigenvalue weighted by atomic mass is 16.6. The molecule has 0 spiro atoms. The second-order valence-corrected chi connectivity index (χ2v) is 6.41. The Labute approximate surface area is 171 Å². The number of benzene rings is 2. The molecule has 0 bridgehead atoms. The summed E-state index contributed by atoms with van der Waals surface area (Å²) in [5, 5.41) is 13.3.